The maximum absolute atomic E-state index is 12.3. The second-order valence-corrected chi connectivity index (χ2v) is 5.40. The number of aliphatic hydroxyl groups is 1. The van der Waals surface area contributed by atoms with Gasteiger partial charge in [-0.3, -0.25) is 0 Å². The highest BCUT2D eigenvalue weighted by molar-refractivity contribution is 6.25. The highest BCUT2D eigenvalue weighted by Crippen LogP contribution is 2.36. The molecule has 1 heterocycles. The molecule has 0 radical (unpaired) electrons. The molecule has 0 aromatic heterocycles. The van der Waals surface area contributed by atoms with Crippen molar-refractivity contribution in [3.63, 3.8) is 0 Å². The lowest BCUT2D eigenvalue weighted by molar-refractivity contribution is -0.134. The third-order valence-electron chi connectivity index (χ3n) is 3.91. The van der Waals surface area contributed by atoms with Gasteiger partial charge in [-0.05, 0) is 23.3 Å². The lowest BCUT2D eigenvalue weighted by Gasteiger charge is -2.10. The summed E-state index contributed by atoms with van der Waals surface area (Å²) >= 11 is 0. The first-order valence-corrected chi connectivity index (χ1v) is 7.75. The molecule has 0 bridgehead atoms. The molecular formula is C20H16O6. The largest absolute Gasteiger partial charge is 0.504 e. The first-order valence-electron chi connectivity index (χ1n) is 7.75. The molecule has 1 aliphatic heterocycles. The fraction of sp³-hybridized carbons (Fsp3) is 0.100. The van der Waals surface area contributed by atoms with Crippen LogP contribution >= 0.6 is 0 Å². The first-order chi connectivity index (χ1) is 12.6. The van der Waals surface area contributed by atoms with E-state index in [-0.39, 0.29) is 16.9 Å². The standard InChI is InChI=1S/C20H16O6/c1-24-14-10-8-13(9-11-14)16(19(22)25-2)18-17(21)15(20(23)26-18)12-6-4-3-5-7-12/h3-11,21H,1-2H3/b18-16+. The van der Waals surface area contributed by atoms with E-state index >= 15 is 0 Å². The predicted octanol–water partition coefficient (Wildman–Crippen LogP) is 3.11. The molecule has 0 unspecified atom stereocenters. The van der Waals surface area contributed by atoms with Crippen molar-refractivity contribution >= 4 is 23.1 Å². The van der Waals surface area contributed by atoms with Gasteiger partial charge >= 0.3 is 11.9 Å². The van der Waals surface area contributed by atoms with E-state index in [0.717, 1.165) is 0 Å². The average Bonchev–Trinajstić information content (AvgIpc) is 2.97. The average molecular weight is 352 g/mol. The van der Waals surface area contributed by atoms with Gasteiger partial charge in [0.1, 0.15) is 16.9 Å². The van der Waals surface area contributed by atoms with Gasteiger partial charge in [0.25, 0.3) is 0 Å². The molecule has 0 amide bonds. The van der Waals surface area contributed by atoms with Crippen molar-refractivity contribution in [2.75, 3.05) is 14.2 Å². The molecule has 6 nitrogen and oxygen atoms in total. The van der Waals surface area contributed by atoms with E-state index in [1.807, 2.05) is 0 Å². The molecule has 2 aromatic carbocycles. The third-order valence-corrected chi connectivity index (χ3v) is 3.91. The summed E-state index contributed by atoms with van der Waals surface area (Å²) in [5, 5.41) is 10.6. The molecule has 0 aliphatic carbocycles. The van der Waals surface area contributed by atoms with Gasteiger partial charge in [0, 0.05) is 0 Å². The number of benzene rings is 2. The summed E-state index contributed by atoms with van der Waals surface area (Å²) in [4.78, 5) is 24.6. The van der Waals surface area contributed by atoms with Crippen LogP contribution in [0.2, 0.25) is 0 Å². The molecule has 0 fully saturated rings. The molecule has 26 heavy (non-hydrogen) atoms. The van der Waals surface area contributed by atoms with Crippen LogP contribution in [0, 0.1) is 0 Å². The van der Waals surface area contributed by atoms with Crippen molar-refractivity contribution < 1.29 is 28.9 Å². The third kappa shape index (κ3) is 3.04. The van der Waals surface area contributed by atoms with E-state index in [4.69, 9.17) is 14.2 Å². The molecule has 2 aromatic rings. The fourth-order valence-corrected chi connectivity index (χ4v) is 2.63. The SMILES string of the molecule is COC(=O)/C(=C1/OC(=O)C(c2ccccc2)=C1O)c1ccc(OC)cc1. The fourth-order valence-electron chi connectivity index (χ4n) is 2.63. The lowest BCUT2D eigenvalue weighted by Crippen LogP contribution is -2.09. The van der Waals surface area contributed by atoms with Crippen LogP contribution in [-0.2, 0) is 19.1 Å². The number of methoxy groups -OCH3 is 2. The Bertz CT molecular complexity index is 907. The summed E-state index contributed by atoms with van der Waals surface area (Å²) in [6, 6.07) is 15.1. The van der Waals surface area contributed by atoms with Crippen molar-refractivity contribution in [1.29, 1.82) is 0 Å². The number of carbonyl (C=O) groups is 2. The number of carbonyl (C=O) groups excluding carboxylic acids is 2. The van der Waals surface area contributed by atoms with Crippen LogP contribution in [0.25, 0.3) is 11.1 Å². The van der Waals surface area contributed by atoms with Crippen LogP contribution in [0.4, 0.5) is 0 Å². The Morgan fingerprint density at radius 1 is 1.00 bits per heavy atom. The number of esters is 2. The van der Waals surface area contributed by atoms with Gasteiger partial charge < -0.3 is 19.3 Å². The quantitative estimate of drug-likeness (QED) is 0.673. The highest BCUT2D eigenvalue weighted by Gasteiger charge is 2.36. The smallest absolute Gasteiger partial charge is 0.348 e. The molecule has 0 spiro atoms. The van der Waals surface area contributed by atoms with Crippen molar-refractivity contribution in [3.8, 4) is 5.75 Å². The zero-order valence-electron chi connectivity index (χ0n) is 14.2. The number of aliphatic hydroxyl groups excluding tert-OH is 1. The lowest BCUT2D eigenvalue weighted by atomic mass is 10.0. The summed E-state index contributed by atoms with van der Waals surface area (Å²) in [6.45, 7) is 0. The Labute approximate surface area is 149 Å². The Morgan fingerprint density at radius 3 is 2.23 bits per heavy atom. The summed E-state index contributed by atoms with van der Waals surface area (Å²) < 4.78 is 15.1. The maximum Gasteiger partial charge on any atom is 0.348 e. The van der Waals surface area contributed by atoms with Gasteiger partial charge in [-0.25, -0.2) is 9.59 Å². The minimum atomic E-state index is -0.737. The van der Waals surface area contributed by atoms with Gasteiger partial charge in [-0.15, -0.1) is 0 Å². The number of hydrogen-bond donors (Lipinski definition) is 1. The molecule has 0 saturated heterocycles. The van der Waals surface area contributed by atoms with Crippen LogP contribution < -0.4 is 4.74 Å². The number of hydrogen-bond acceptors (Lipinski definition) is 6. The van der Waals surface area contributed by atoms with Gasteiger partial charge in [0.15, 0.2) is 11.5 Å². The number of ether oxygens (including phenoxy) is 3. The van der Waals surface area contributed by atoms with Gasteiger partial charge in [0.05, 0.1) is 14.2 Å². The monoisotopic (exact) mass is 352 g/mol. The van der Waals surface area contributed by atoms with Crippen molar-refractivity contribution in [2.24, 2.45) is 0 Å². The van der Waals surface area contributed by atoms with Gasteiger partial charge in [-0.2, -0.15) is 0 Å². The Balaban J connectivity index is 2.18. The Morgan fingerprint density at radius 2 is 1.65 bits per heavy atom. The molecule has 0 atom stereocenters. The number of rotatable bonds is 4. The van der Waals surface area contributed by atoms with Crippen molar-refractivity contribution in [3.05, 3.63) is 77.2 Å². The van der Waals surface area contributed by atoms with Crippen molar-refractivity contribution in [1.82, 2.24) is 0 Å². The second kappa shape index (κ2) is 7.14. The van der Waals surface area contributed by atoms with E-state index in [1.54, 1.807) is 54.6 Å². The second-order valence-electron chi connectivity index (χ2n) is 5.40. The molecule has 132 valence electrons. The topological polar surface area (TPSA) is 82.1 Å². The number of cyclic esters (lactones) is 1. The maximum atomic E-state index is 12.3. The molecule has 1 N–H and O–H groups in total. The molecule has 1 aliphatic rings. The van der Waals surface area contributed by atoms with Crippen LogP contribution in [0.15, 0.2) is 66.1 Å². The summed E-state index contributed by atoms with van der Waals surface area (Å²) in [6.07, 6.45) is 0. The van der Waals surface area contributed by atoms with Gasteiger partial charge in [-0.1, -0.05) is 42.5 Å². The zero-order valence-corrected chi connectivity index (χ0v) is 14.2. The predicted molar refractivity (Wildman–Crippen MR) is 94.0 cm³/mol. The normalized spacial score (nSPS) is 15.5. The minimum Gasteiger partial charge on any atom is -0.504 e. The van der Waals surface area contributed by atoms with Crippen LogP contribution in [-0.4, -0.2) is 31.3 Å². The molecular weight excluding hydrogens is 336 g/mol. The van der Waals surface area contributed by atoms with E-state index in [1.165, 1.54) is 14.2 Å². The summed E-state index contributed by atoms with van der Waals surface area (Å²) in [5.74, 6) is -1.52. The molecule has 0 saturated carbocycles. The first kappa shape index (κ1) is 17.3. The summed E-state index contributed by atoms with van der Waals surface area (Å²) in [5.41, 5.74) is 0.854. The zero-order chi connectivity index (χ0) is 18.7. The highest BCUT2D eigenvalue weighted by atomic mass is 16.6. The van der Waals surface area contributed by atoms with E-state index < -0.39 is 17.7 Å². The van der Waals surface area contributed by atoms with E-state index in [9.17, 15) is 14.7 Å². The van der Waals surface area contributed by atoms with Crippen molar-refractivity contribution in [2.45, 2.75) is 0 Å². The summed E-state index contributed by atoms with van der Waals surface area (Å²) in [7, 11) is 2.73. The van der Waals surface area contributed by atoms with E-state index in [2.05, 4.69) is 0 Å². The molecule has 6 heteroatoms. The van der Waals surface area contributed by atoms with Gasteiger partial charge in [0.2, 0.25) is 0 Å². The molecule has 3 rings (SSSR count). The van der Waals surface area contributed by atoms with Crippen LogP contribution in [0.1, 0.15) is 11.1 Å². The van der Waals surface area contributed by atoms with Crippen LogP contribution in [0.5, 0.6) is 5.75 Å². The Hall–Kier alpha value is -3.54. The van der Waals surface area contributed by atoms with Crippen LogP contribution in [0.3, 0.4) is 0 Å². The minimum absolute atomic E-state index is 0.00415. The Kier molecular flexibility index (Phi) is 4.75. The van der Waals surface area contributed by atoms with E-state index in [0.29, 0.717) is 16.9 Å².